The summed E-state index contributed by atoms with van der Waals surface area (Å²) < 4.78 is 4.65. The van der Waals surface area contributed by atoms with E-state index in [0.29, 0.717) is 11.6 Å². The van der Waals surface area contributed by atoms with Crippen molar-refractivity contribution < 1.29 is 14.4 Å². The molecule has 2 fully saturated rings. The highest BCUT2D eigenvalue weighted by Crippen LogP contribution is 2.27. The largest absolute Gasteiger partial charge is 0.395 e. The van der Waals surface area contributed by atoms with E-state index in [1.54, 1.807) is 0 Å². The molecule has 0 spiro atoms. The Morgan fingerprint density at radius 3 is 2.32 bits per heavy atom. The van der Waals surface area contributed by atoms with Crippen LogP contribution in [0.1, 0.15) is 18.9 Å². The van der Waals surface area contributed by atoms with Crippen molar-refractivity contribution >= 4 is 12.0 Å². The van der Waals surface area contributed by atoms with Gasteiger partial charge in [-0.2, -0.15) is 10.3 Å². The van der Waals surface area contributed by atoms with Gasteiger partial charge in [0.25, 0.3) is 0 Å². The molecule has 2 aliphatic heterocycles. The molecule has 0 bridgehead atoms. The predicted molar refractivity (Wildman–Crippen MR) is 112 cm³/mol. The summed E-state index contributed by atoms with van der Waals surface area (Å²) in [5.41, 5.74) is 3.02. The van der Waals surface area contributed by atoms with Gasteiger partial charge in [0, 0.05) is 30.9 Å². The first-order valence-corrected chi connectivity index (χ1v) is 10.3. The fraction of sp³-hybridized carbons (Fsp3) is 0.381. The van der Waals surface area contributed by atoms with E-state index in [9.17, 15) is 0 Å². The molecule has 2 heterocycles. The molecule has 4 rings (SSSR count). The van der Waals surface area contributed by atoms with Crippen molar-refractivity contribution in [3.05, 3.63) is 60.2 Å². The maximum atomic E-state index is 8.65. The third-order valence-corrected chi connectivity index (χ3v) is 4.86. The van der Waals surface area contributed by atoms with Crippen molar-refractivity contribution in [2.24, 2.45) is 0 Å². The van der Waals surface area contributed by atoms with Crippen LogP contribution < -0.4 is 5.32 Å². The summed E-state index contributed by atoms with van der Waals surface area (Å²) in [6, 6.07) is 20.5. The van der Waals surface area contributed by atoms with Crippen molar-refractivity contribution in [2.45, 2.75) is 19.4 Å². The molecule has 0 aromatic heterocycles. The summed E-state index contributed by atoms with van der Waals surface area (Å²) in [5, 5.41) is 21.6. The number of aliphatic hydroxyl groups excluding tert-OH is 1. The standard InChI is InChI=1S/C13H9N.C4H7NO2S.C4H11NO/c14-10-11-6-8-13(9-7-11)12-4-2-1-3-5-12;1-2-5-4(1)3-8-7-6-5;1-2-5-3-4-6/h1-9H;4H,1-3H2;5-6H,2-4H2,1H3. The first-order valence-electron chi connectivity index (χ1n) is 9.38. The zero-order chi connectivity index (χ0) is 20.0. The quantitative estimate of drug-likeness (QED) is 0.462. The van der Waals surface area contributed by atoms with E-state index in [1.807, 2.05) is 54.5 Å². The summed E-state index contributed by atoms with van der Waals surface area (Å²) in [4.78, 5) is 4.77. The summed E-state index contributed by atoms with van der Waals surface area (Å²) in [7, 11) is 0. The molecule has 0 saturated carbocycles. The molecule has 7 heteroatoms. The van der Waals surface area contributed by atoms with Crippen LogP contribution in [0.25, 0.3) is 11.1 Å². The molecule has 1 atom stereocenters. The first-order chi connectivity index (χ1) is 13.8. The van der Waals surface area contributed by atoms with E-state index in [0.717, 1.165) is 31.0 Å². The minimum absolute atomic E-state index is 0.244. The fourth-order valence-corrected chi connectivity index (χ4v) is 3.14. The zero-order valence-electron chi connectivity index (χ0n) is 16.1. The van der Waals surface area contributed by atoms with Crippen LogP contribution in [0, 0.1) is 11.3 Å². The smallest absolute Gasteiger partial charge is 0.0991 e. The van der Waals surface area contributed by atoms with Crippen LogP contribution in [0.3, 0.4) is 0 Å². The highest BCUT2D eigenvalue weighted by atomic mass is 32.2. The molecular weight excluding hydrogens is 374 g/mol. The van der Waals surface area contributed by atoms with E-state index < -0.39 is 0 Å². The van der Waals surface area contributed by atoms with Crippen LogP contribution in [0.15, 0.2) is 54.6 Å². The van der Waals surface area contributed by atoms with Gasteiger partial charge in [0.05, 0.1) is 24.3 Å². The second-order valence-corrected chi connectivity index (χ2v) is 6.85. The fourth-order valence-electron chi connectivity index (χ4n) is 2.47. The number of likely N-dealkylation sites (N-methyl/N-ethyl adjacent to an activating group) is 1. The van der Waals surface area contributed by atoms with Gasteiger partial charge in [-0.05, 0) is 36.2 Å². The average molecular weight is 402 g/mol. The minimum atomic E-state index is 0.244. The van der Waals surface area contributed by atoms with Gasteiger partial charge >= 0.3 is 0 Å². The SMILES string of the molecule is C1CN2OOSCC12.CCNCCO.N#Cc1ccc(-c2ccccc2)cc1. The summed E-state index contributed by atoms with van der Waals surface area (Å²) in [5.74, 6) is 1.06. The van der Waals surface area contributed by atoms with Crippen molar-refractivity contribution in [2.75, 3.05) is 32.0 Å². The lowest BCUT2D eigenvalue weighted by Crippen LogP contribution is -2.50. The second kappa shape index (κ2) is 13.3. The normalized spacial score (nSPS) is 17.5. The third kappa shape index (κ3) is 7.60. The van der Waals surface area contributed by atoms with E-state index in [-0.39, 0.29) is 6.61 Å². The molecular formula is C21H27N3O3S. The summed E-state index contributed by atoms with van der Waals surface area (Å²) >= 11 is 1.39. The Hall–Kier alpha value is -1.92. The Balaban J connectivity index is 0.000000169. The Kier molecular flexibility index (Phi) is 10.6. The van der Waals surface area contributed by atoms with Crippen molar-refractivity contribution in [1.29, 1.82) is 5.26 Å². The molecule has 28 heavy (non-hydrogen) atoms. The monoisotopic (exact) mass is 401 g/mol. The molecule has 2 aromatic rings. The topological polar surface area (TPSA) is 77.8 Å². The van der Waals surface area contributed by atoms with Crippen LogP contribution >= 0.6 is 12.0 Å². The molecule has 0 aliphatic carbocycles. The lowest BCUT2D eigenvalue weighted by atomic mass is 10.0. The lowest BCUT2D eigenvalue weighted by Gasteiger charge is -2.39. The Morgan fingerprint density at radius 2 is 1.89 bits per heavy atom. The number of hydrogen-bond donors (Lipinski definition) is 2. The number of hydroxylamine groups is 2. The van der Waals surface area contributed by atoms with Gasteiger partial charge in [-0.1, -0.05) is 49.4 Å². The first kappa shape index (κ1) is 22.4. The van der Waals surface area contributed by atoms with Crippen molar-refractivity contribution in [3.8, 4) is 17.2 Å². The predicted octanol–water partition coefficient (Wildman–Crippen LogP) is 3.40. The second-order valence-electron chi connectivity index (χ2n) is 6.14. The highest BCUT2D eigenvalue weighted by Gasteiger charge is 2.33. The molecule has 0 amide bonds. The van der Waals surface area contributed by atoms with Gasteiger partial charge < -0.3 is 10.4 Å². The van der Waals surface area contributed by atoms with Gasteiger partial charge in [0.1, 0.15) is 0 Å². The van der Waals surface area contributed by atoms with Gasteiger partial charge in [-0.3, -0.25) is 0 Å². The van der Waals surface area contributed by atoms with Crippen LogP contribution in [0.2, 0.25) is 0 Å². The minimum Gasteiger partial charge on any atom is -0.395 e. The lowest BCUT2D eigenvalue weighted by molar-refractivity contribution is -0.403. The molecule has 1 unspecified atom stereocenters. The summed E-state index contributed by atoms with van der Waals surface area (Å²) in [6.07, 6.45) is 1.26. The molecule has 2 aliphatic rings. The number of nitrogens with zero attached hydrogens (tertiary/aromatic N) is 2. The number of aliphatic hydroxyl groups is 1. The Labute approximate surface area is 171 Å². The van der Waals surface area contributed by atoms with Crippen LogP contribution in [0.4, 0.5) is 0 Å². The van der Waals surface area contributed by atoms with Gasteiger partial charge in [0.2, 0.25) is 0 Å². The third-order valence-electron chi connectivity index (χ3n) is 4.18. The van der Waals surface area contributed by atoms with Crippen LogP contribution in [0.5, 0.6) is 0 Å². The van der Waals surface area contributed by atoms with Crippen molar-refractivity contribution in [1.82, 2.24) is 10.4 Å². The maximum absolute atomic E-state index is 8.65. The Morgan fingerprint density at radius 1 is 1.18 bits per heavy atom. The van der Waals surface area contributed by atoms with Gasteiger partial charge in [0.15, 0.2) is 0 Å². The van der Waals surface area contributed by atoms with E-state index in [1.165, 1.54) is 24.0 Å². The van der Waals surface area contributed by atoms with Gasteiger partial charge in [-0.15, -0.1) is 9.32 Å². The number of nitriles is 1. The van der Waals surface area contributed by atoms with Crippen molar-refractivity contribution in [3.63, 3.8) is 0 Å². The molecule has 150 valence electrons. The number of fused-ring (bicyclic) bond motifs is 1. The van der Waals surface area contributed by atoms with E-state index in [2.05, 4.69) is 27.9 Å². The number of hydrogen-bond acceptors (Lipinski definition) is 7. The highest BCUT2D eigenvalue weighted by molar-refractivity contribution is 7.94. The Bertz CT molecular complexity index is 691. The maximum Gasteiger partial charge on any atom is 0.0991 e. The average Bonchev–Trinajstić information content (AvgIpc) is 2.75. The molecule has 2 saturated heterocycles. The number of rotatable bonds is 4. The van der Waals surface area contributed by atoms with Gasteiger partial charge in [-0.25, -0.2) is 0 Å². The summed E-state index contributed by atoms with van der Waals surface area (Å²) in [6.45, 7) is 4.95. The molecule has 6 nitrogen and oxygen atoms in total. The molecule has 2 N–H and O–H groups in total. The molecule has 2 aromatic carbocycles. The van der Waals surface area contributed by atoms with Crippen LogP contribution in [-0.2, 0) is 9.32 Å². The number of benzene rings is 2. The van der Waals surface area contributed by atoms with E-state index >= 15 is 0 Å². The molecule has 0 radical (unpaired) electrons. The van der Waals surface area contributed by atoms with E-state index in [4.69, 9.17) is 15.4 Å². The number of nitrogens with one attached hydrogen (secondary N) is 1. The van der Waals surface area contributed by atoms with Crippen LogP contribution in [-0.4, -0.2) is 48.2 Å². The zero-order valence-corrected chi connectivity index (χ0v) is 16.9.